The largest absolute Gasteiger partial charge is 0.477 e. The molecule has 0 aliphatic carbocycles. The zero-order valence-electron chi connectivity index (χ0n) is 7.48. The molecule has 15 heavy (non-hydrogen) atoms. The van der Waals surface area contributed by atoms with E-state index in [0.717, 1.165) is 6.26 Å². The molecule has 4 nitrogen and oxygen atoms in total. The Morgan fingerprint density at radius 3 is 2.80 bits per heavy atom. The quantitative estimate of drug-likeness (QED) is 0.819. The topological polar surface area (TPSA) is 63.3 Å². The Kier molecular flexibility index (Phi) is 2.21. The van der Waals surface area contributed by atoms with E-state index in [1.807, 2.05) is 0 Å². The van der Waals surface area contributed by atoms with Crippen LogP contribution in [-0.2, 0) is 0 Å². The summed E-state index contributed by atoms with van der Waals surface area (Å²) in [5, 5.41) is 12.3. The van der Waals surface area contributed by atoms with Crippen LogP contribution in [0.25, 0.3) is 11.3 Å². The van der Waals surface area contributed by atoms with Crippen LogP contribution in [0.2, 0.25) is 0 Å². The van der Waals surface area contributed by atoms with Gasteiger partial charge in [-0.05, 0) is 12.1 Å². The molecule has 2 aromatic rings. The van der Waals surface area contributed by atoms with Gasteiger partial charge < -0.3 is 9.63 Å². The highest BCUT2D eigenvalue weighted by molar-refractivity contribution is 5.94. The van der Waals surface area contributed by atoms with E-state index < -0.39 is 11.8 Å². The predicted octanol–water partition coefficient (Wildman–Crippen LogP) is 2.18. The Labute approximate surface area is 83.9 Å². The van der Waals surface area contributed by atoms with Gasteiger partial charge in [-0.1, -0.05) is 17.3 Å². The Morgan fingerprint density at radius 2 is 2.13 bits per heavy atom. The number of carboxylic acid groups (broad SMARTS) is 1. The molecule has 0 aliphatic rings. The van der Waals surface area contributed by atoms with Crippen molar-refractivity contribution in [3.63, 3.8) is 0 Å². The Hall–Kier alpha value is -2.17. The third kappa shape index (κ3) is 1.59. The van der Waals surface area contributed by atoms with Crippen molar-refractivity contribution in [1.82, 2.24) is 5.16 Å². The van der Waals surface area contributed by atoms with Gasteiger partial charge in [0, 0.05) is 5.56 Å². The minimum atomic E-state index is -1.20. The minimum Gasteiger partial charge on any atom is -0.477 e. The summed E-state index contributed by atoms with van der Waals surface area (Å²) in [5.41, 5.74) is -0.0376. The molecule has 0 fully saturated rings. The molecule has 1 aromatic carbocycles. The lowest BCUT2D eigenvalue weighted by atomic mass is 10.1. The maximum atomic E-state index is 13.3. The van der Waals surface area contributed by atoms with Gasteiger partial charge in [0.2, 0.25) is 0 Å². The lowest BCUT2D eigenvalue weighted by Gasteiger charge is -1.98. The average Bonchev–Trinajstić information content (AvgIpc) is 2.67. The third-order valence-corrected chi connectivity index (χ3v) is 1.93. The lowest BCUT2D eigenvalue weighted by molar-refractivity contribution is 0.0697. The molecule has 1 heterocycles. The molecule has 0 radical (unpaired) electrons. The summed E-state index contributed by atoms with van der Waals surface area (Å²) in [5.74, 6) is -1.73. The molecule has 1 N–H and O–H groups in total. The molecule has 0 unspecified atom stereocenters. The van der Waals surface area contributed by atoms with Crippen LogP contribution in [0.4, 0.5) is 4.39 Å². The molecule has 0 spiro atoms. The number of benzene rings is 1. The van der Waals surface area contributed by atoms with Gasteiger partial charge in [0.15, 0.2) is 0 Å². The normalized spacial score (nSPS) is 10.2. The van der Waals surface area contributed by atoms with Crippen molar-refractivity contribution in [1.29, 1.82) is 0 Å². The molecule has 76 valence electrons. The highest BCUT2D eigenvalue weighted by Gasteiger charge is 2.18. The maximum Gasteiger partial charge on any atom is 0.341 e. The monoisotopic (exact) mass is 207 g/mol. The summed E-state index contributed by atoms with van der Waals surface area (Å²) < 4.78 is 17.8. The summed E-state index contributed by atoms with van der Waals surface area (Å²) in [4.78, 5) is 10.7. The van der Waals surface area contributed by atoms with Gasteiger partial charge >= 0.3 is 5.97 Å². The Balaban J connectivity index is 2.59. The van der Waals surface area contributed by atoms with Gasteiger partial charge in [-0.15, -0.1) is 0 Å². The summed E-state index contributed by atoms with van der Waals surface area (Å²) in [6, 6.07) is 5.79. The highest BCUT2D eigenvalue weighted by Crippen LogP contribution is 2.24. The molecule has 5 heteroatoms. The number of carbonyl (C=O) groups is 1. The Morgan fingerprint density at radius 1 is 1.40 bits per heavy atom. The molecular formula is C10H6FNO3. The van der Waals surface area contributed by atoms with Crippen LogP contribution in [0.15, 0.2) is 35.1 Å². The van der Waals surface area contributed by atoms with Crippen LogP contribution in [0.1, 0.15) is 10.4 Å². The second kappa shape index (κ2) is 3.53. The fourth-order valence-corrected chi connectivity index (χ4v) is 1.24. The van der Waals surface area contributed by atoms with Crippen molar-refractivity contribution in [3.05, 3.63) is 41.9 Å². The van der Waals surface area contributed by atoms with E-state index in [2.05, 4.69) is 9.68 Å². The van der Waals surface area contributed by atoms with Gasteiger partial charge in [-0.25, -0.2) is 9.18 Å². The van der Waals surface area contributed by atoms with Crippen LogP contribution in [0.5, 0.6) is 0 Å². The molecule has 1 aromatic heterocycles. The fraction of sp³-hybridized carbons (Fsp3) is 0. The summed E-state index contributed by atoms with van der Waals surface area (Å²) in [6.07, 6.45) is 0.976. The first-order valence-corrected chi connectivity index (χ1v) is 4.12. The number of carboxylic acids is 1. The summed E-state index contributed by atoms with van der Waals surface area (Å²) in [7, 11) is 0. The second-order valence-corrected chi connectivity index (χ2v) is 2.86. The summed E-state index contributed by atoms with van der Waals surface area (Å²) >= 11 is 0. The number of rotatable bonds is 2. The smallest absolute Gasteiger partial charge is 0.341 e. The van der Waals surface area contributed by atoms with Crippen LogP contribution < -0.4 is 0 Å². The van der Waals surface area contributed by atoms with E-state index in [-0.39, 0.29) is 16.8 Å². The van der Waals surface area contributed by atoms with Crippen molar-refractivity contribution in [2.75, 3.05) is 0 Å². The molecule has 0 saturated carbocycles. The van der Waals surface area contributed by atoms with Crippen molar-refractivity contribution >= 4 is 5.97 Å². The molecular weight excluding hydrogens is 201 g/mol. The number of hydrogen-bond acceptors (Lipinski definition) is 3. The van der Waals surface area contributed by atoms with E-state index in [4.69, 9.17) is 5.11 Å². The first-order chi connectivity index (χ1) is 7.20. The van der Waals surface area contributed by atoms with Crippen LogP contribution >= 0.6 is 0 Å². The van der Waals surface area contributed by atoms with Gasteiger partial charge in [-0.3, -0.25) is 0 Å². The number of halogens is 1. The number of hydrogen-bond donors (Lipinski definition) is 1. The van der Waals surface area contributed by atoms with Crippen molar-refractivity contribution in [2.45, 2.75) is 0 Å². The molecule has 2 rings (SSSR count). The van der Waals surface area contributed by atoms with E-state index >= 15 is 0 Å². The maximum absolute atomic E-state index is 13.3. The number of aromatic carboxylic acids is 1. The minimum absolute atomic E-state index is 0.000556. The molecule has 0 atom stereocenters. The lowest BCUT2D eigenvalue weighted by Crippen LogP contribution is -1.97. The molecule has 0 bridgehead atoms. The highest BCUT2D eigenvalue weighted by atomic mass is 19.1. The average molecular weight is 207 g/mol. The van der Waals surface area contributed by atoms with Gasteiger partial charge in [-0.2, -0.15) is 0 Å². The van der Waals surface area contributed by atoms with Crippen molar-refractivity contribution < 1.29 is 18.8 Å². The number of nitrogens with zero attached hydrogens (tertiary/aromatic N) is 1. The first kappa shape index (κ1) is 9.39. The third-order valence-electron chi connectivity index (χ3n) is 1.93. The first-order valence-electron chi connectivity index (χ1n) is 4.12. The van der Waals surface area contributed by atoms with Crippen LogP contribution in [0.3, 0.4) is 0 Å². The number of aromatic nitrogens is 1. The zero-order valence-corrected chi connectivity index (χ0v) is 7.48. The molecule has 0 saturated heterocycles. The van der Waals surface area contributed by atoms with E-state index in [1.165, 1.54) is 18.2 Å². The molecule has 0 aliphatic heterocycles. The standard InChI is InChI=1S/C10H6FNO3/c11-8-4-2-1-3-6(8)9-7(10(13)14)5-15-12-9/h1-5H,(H,13,14). The Bertz CT molecular complexity index is 507. The zero-order chi connectivity index (χ0) is 10.8. The van der Waals surface area contributed by atoms with E-state index in [0.29, 0.717) is 0 Å². The summed E-state index contributed by atoms with van der Waals surface area (Å²) in [6.45, 7) is 0. The van der Waals surface area contributed by atoms with Crippen molar-refractivity contribution in [2.24, 2.45) is 0 Å². The van der Waals surface area contributed by atoms with Crippen LogP contribution in [-0.4, -0.2) is 16.2 Å². The van der Waals surface area contributed by atoms with Crippen molar-refractivity contribution in [3.8, 4) is 11.3 Å². The second-order valence-electron chi connectivity index (χ2n) is 2.86. The van der Waals surface area contributed by atoms with Gasteiger partial charge in [0.1, 0.15) is 23.3 Å². The fourth-order valence-electron chi connectivity index (χ4n) is 1.24. The van der Waals surface area contributed by atoms with E-state index in [1.54, 1.807) is 6.07 Å². The molecule has 0 amide bonds. The predicted molar refractivity (Wildman–Crippen MR) is 48.9 cm³/mol. The SMILES string of the molecule is O=C(O)c1conc1-c1ccccc1F. The van der Waals surface area contributed by atoms with Gasteiger partial charge in [0.25, 0.3) is 0 Å². The van der Waals surface area contributed by atoms with Gasteiger partial charge in [0.05, 0.1) is 0 Å². The van der Waals surface area contributed by atoms with E-state index in [9.17, 15) is 9.18 Å². The van der Waals surface area contributed by atoms with Crippen LogP contribution in [0, 0.1) is 5.82 Å².